The van der Waals surface area contributed by atoms with Gasteiger partial charge < -0.3 is 10.5 Å². The smallest absolute Gasteiger partial charge is 0.216 e. The lowest BCUT2D eigenvalue weighted by molar-refractivity contribution is 0.395. The van der Waals surface area contributed by atoms with E-state index in [-0.39, 0.29) is 6.04 Å². The third-order valence-corrected chi connectivity index (χ3v) is 4.17. The van der Waals surface area contributed by atoms with Crippen molar-refractivity contribution in [3.63, 3.8) is 0 Å². The molecule has 96 valence electrons. The van der Waals surface area contributed by atoms with E-state index in [4.69, 9.17) is 10.5 Å². The number of rotatable bonds is 4. The Balaban J connectivity index is 2.13. The Hall–Kier alpha value is -1.46. The van der Waals surface area contributed by atoms with Crippen LogP contribution >= 0.6 is 11.3 Å². The van der Waals surface area contributed by atoms with Crippen molar-refractivity contribution in [3.05, 3.63) is 39.5 Å². The molecule has 2 aromatic heterocycles. The number of nitrogens with two attached hydrogens (primary N) is 1. The monoisotopic (exact) mass is 263 g/mol. The van der Waals surface area contributed by atoms with E-state index in [9.17, 15) is 0 Å². The van der Waals surface area contributed by atoms with Crippen LogP contribution in [0.5, 0.6) is 5.88 Å². The Morgan fingerprint density at radius 1 is 1.33 bits per heavy atom. The molecule has 0 aliphatic rings. The summed E-state index contributed by atoms with van der Waals surface area (Å²) in [4.78, 5) is 10.7. The van der Waals surface area contributed by atoms with Gasteiger partial charge in [-0.15, -0.1) is 11.3 Å². The molecule has 2 heterocycles. The maximum Gasteiger partial charge on any atom is 0.216 e. The Labute approximate surface area is 111 Å². The molecule has 0 radical (unpaired) electrons. The molecule has 0 spiro atoms. The minimum atomic E-state index is -0.0259. The van der Waals surface area contributed by atoms with Gasteiger partial charge in [0.2, 0.25) is 5.88 Å². The fraction of sp³-hybridized carbons (Fsp3) is 0.385. The van der Waals surface area contributed by atoms with E-state index in [1.54, 1.807) is 18.4 Å². The zero-order chi connectivity index (χ0) is 13.1. The first-order valence-corrected chi connectivity index (χ1v) is 6.59. The maximum absolute atomic E-state index is 6.21. The van der Waals surface area contributed by atoms with Gasteiger partial charge in [0, 0.05) is 34.0 Å². The highest BCUT2D eigenvalue weighted by molar-refractivity contribution is 7.12. The summed E-state index contributed by atoms with van der Waals surface area (Å²) in [6, 6.07) is 3.96. The molecule has 2 aromatic rings. The van der Waals surface area contributed by atoms with Crippen LogP contribution in [0.15, 0.2) is 18.5 Å². The van der Waals surface area contributed by atoms with Crippen LogP contribution in [0.3, 0.4) is 0 Å². The first-order chi connectivity index (χ1) is 8.60. The molecule has 2 N–H and O–H groups in total. The lowest BCUT2D eigenvalue weighted by atomic mass is 10.1. The van der Waals surface area contributed by atoms with Crippen molar-refractivity contribution >= 4 is 11.3 Å². The van der Waals surface area contributed by atoms with E-state index in [2.05, 4.69) is 29.9 Å². The second-order valence-corrected chi connectivity index (χ2v) is 5.54. The summed E-state index contributed by atoms with van der Waals surface area (Å²) in [6.45, 7) is 4.22. The number of thiophene rings is 1. The van der Waals surface area contributed by atoms with E-state index in [1.165, 1.54) is 21.6 Å². The number of ether oxygens (including phenoxy) is 1. The number of aryl methyl sites for hydroxylation is 2. The van der Waals surface area contributed by atoms with Crippen molar-refractivity contribution in [1.29, 1.82) is 0 Å². The largest absolute Gasteiger partial charge is 0.481 e. The van der Waals surface area contributed by atoms with Crippen LogP contribution in [0, 0.1) is 13.8 Å². The van der Waals surface area contributed by atoms with Crippen LogP contribution in [0.25, 0.3) is 0 Å². The van der Waals surface area contributed by atoms with Crippen LogP contribution in [0.4, 0.5) is 0 Å². The average molecular weight is 263 g/mol. The van der Waals surface area contributed by atoms with Gasteiger partial charge in [0.25, 0.3) is 0 Å². The number of nitrogens with zero attached hydrogens (tertiary/aromatic N) is 2. The van der Waals surface area contributed by atoms with Gasteiger partial charge in [-0.1, -0.05) is 0 Å². The predicted octanol–water partition coefficient (Wildman–Crippen LogP) is 2.41. The van der Waals surface area contributed by atoms with Crippen molar-refractivity contribution < 1.29 is 4.74 Å². The second-order valence-electron chi connectivity index (χ2n) is 4.25. The molecule has 5 heteroatoms. The molecular weight excluding hydrogens is 246 g/mol. The average Bonchev–Trinajstić information content (AvgIpc) is 2.70. The van der Waals surface area contributed by atoms with Gasteiger partial charge in [0.05, 0.1) is 7.11 Å². The molecule has 0 bridgehead atoms. The molecule has 0 fully saturated rings. The van der Waals surface area contributed by atoms with E-state index in [0.717, 1.165) is 5.69 Å². The summed E-state index contributed by atoms with van der Waals surface area (Å²) < 4.78 is 5.08. The molecule has 1 unspecified atom stereocenters. The van der Waals surface area contributed by atoms with Gasteiger partial charge in [-0.3, -0.25) is 0 Å². The zero-order valence-electron chi connectivity index (χ0n) is 10.8. The van der Waals surface area contributed by atoms with Gasteiger partial charge in [0.1, 0.15) is 6.33 Å². The minimum absolute atomic E-state index is 0.0259. The summed E-state index contributed by atoms with van der Waals surface area (Å²) in [6.07, 6.45) is 2.20. The molecule has 0 amide bonds. The summed E-state index contributed by atoms with van der Waals surface area (Å²) in [7, 11) is 1.60. The fourth-order valence-electron chi connectivity index (χ4n) is 1.71. The first-order valence-electron chi connectivity index (χ1n) is 5.77. The number of aromatic nitrogens is 2. The van der Waals surface area contributed by atoms with E-state index in [1.807, 2.05) is 6.07 Å². The van der Waals surface area contributed by atoms with Crippen LogP contribution in [-0.4, -0.2) is 17.1 Å². The van der Waals surface area contributed by atoms with Gasteiger partial charge in [-0.2, -0.15) is 0 Å². The number of hydrogen-bond acceptors (Lipinski definition) is 5. The van der Waals surface area contributed by atoms with Gasteiger partial charge in [-0.25, -0.2) is 9.97 Å². The van der Waals surface area contributed by atoms with Gasteiger partial charge in [-0.05, 0) is 25.5 Å². The summed E-state index contributed by atoms with van der Waals surface area (Å²) >= 11 is 1.75. The summed E-state index contributed by atoms with van der Waals surface area (Å²) in [5.41, 5.74) is 8.41. The third kappa shape index (κ3) is 2.86. The van der Waals surface area contributed by atoms with E-state index < -0.39 is 0 Å². The molecule has 0 saturated carbocycles. The highest BCUT2D eigenvalue weighted by Gasteiger charge is 2.12. The highest BCUT2D eigenvalue weighted by Crippen LogP contribution is 2.27. The van der Waals surface area contributed by atoms with Crippen molar-refractivity contribution in [2.75, 3.05) is 7.11 Å². The molecule has 0 saturated heterocycles. The molecular formula is C13H17N3OS. The Morgan fingerprint density at radius 3 is 2.72 bits per heavy atom. The van der Waals surface area contributed by atoms with Crippen LogP contribution < -0.4 is 10.5 Å². The van der Waals surface area contributed by atoms with Crippen LogP contribution in [0.1, 0.15) is 27.1 Å². The number of methoxy groups -OCH3 is 1. The number of hydrogen-bond donors (Lipinski definition) is 1. The fourth-order valence-corrected chi connectivity index (χ4v) is 2.75. The van der Waals surface area contributed by atoms with Crippen molar-refractivity contribution in [3.8, 4) is 5.88 Å². The molecule has 0 aromatic carbocycles. The third-order valence-electron chi connectivity index (χ3n) is 2.89. The standard InChI is InChI=1S/C13H17N3OS/c1-8-4-12(18-9(8)2)11(14)5-10-6-13(17-3)16-7-15-10/h4,6-7,11H,5,14H2,1-3H3. The molecule has 0 aliphatic carbocycles. The minimum Gasteiger partial charge on any atom is -0.481 e. The van der Waals surface area contributed by atoms with Crippen molar-refractivity contribution in [1.82, 2.24) is 9.97 Å². The molecule has 0 aliphatic heterocycles. The van der Waals surface area contributed by atoms with Gasteiger partial charge in [0.15, 0.2) is 0 Å². The SMILES string of the molecule is COc1cc(CC(N)c2cc(C)c(C)s2)ncn1. The Kier molecular flexibility index (Phi) is 3.93. The van der Waals surface area contributed by atoms with Crippen molar-refractivity contribution in [2.24, 2.45) is 5.73 Å². The van der Waals surface area contributed by atoms with Crippen molar-refractivity contribution in [2.45, 2.75) is 26.3 Å². The first kappa shape index (κ1) is 13.0. The van der Waals surface area contributed by atoms with Crippen LogP contribution in [-0.2, 0) is 6.42 Å². The molecule has 2 rings (SSSR count). The second kappa shape index (κ2) is 5.46. The topological polar surface area (TPSA) is 61.0 Å². The normalized spacial score (nSPS) is 12.4. The maximum atomic E-state index is 6.21. The lowest BCUT2D eigenvalue weighted by Gasteiger charge is -2.09. The molecule has 18 heavy (non-hydrogen) atoms. The van der Waals surface area contributed by atoms with E-state index in [0.29, 0.717) is 12.3 Å². The summed E-state index contributed by atoms with van der Waals surface area (Å²) in [5.74, 6) is 0.575. The zero-order valence-corrected chi connectivity index (χ0v) is 11.6. The quantitative estimate of drug-likeness (QED) is 0.920. The molecule has 4 nitrogen and oxygen atoms in total. The Bertz CT molecular complexity index is 519. The highest BCUT2D eigenvalue weighted by atomic mass is 32.1. The Morgan fingerprint density at radius 2 is 2.11 bits per heavy atom. The van der Waals surface area contributed by atoms with Gasteiger partial charge >= 0.3 is 0 Å². The molecule has 1 atom stereocenters. The predicted molar refractivity (Wildman–Crippen MR) is 73.0 cm³/mol. The van der Waals surface area contributed by atoms with Crippen LogP contribution in [0.2, 0.25) is 0 Å². The lowest BCUT2D eigenvalue weighted by Crippen LogP contribution is -2.12. The van der Waals surface area contributed by atoms with E-state index >= 15 is 0 Å². The summed E-state index contributed by atoms with van der Waals surface area (Å²) in [5, 5.41) is 0.